The molecule has 0 heterocycles. The van der Waals surface area contributed by atoms with Crippen molar-refractivity contribution in [3.8, 4) is 6.07 Å². The molecule has 0 amide bonds. The Balaban J connectivity index is 2.25. The van der Waals surface area contributed by atoms with Crippen LogP contribution in [0.3, 0.4) is 0 Å². The van der Waals surface area contributed by atoms with E-state index < -0.39 is 10.0 Å². The maximum absolute atomic E-state index is 12.5. The molecule has 0 bridgehead atoms. The number of para-hydroxylation sites is 1. The highest BCUT2D eigenvalue weighted by molar-refractivity contribution is 7.92. The van der Waals surface area contributed by atoms with Crippen LogP contribution in [0.15, 0.2) is 48.5 Å². The number of nitriles is 1. The second-order valence-electron chi connectivity index (χ2n) is 4.82. The third-order valence-electron chi connectivity index (χ3n) is 3.30. The van der Waals surface area contributed by atoms with Gasteiger partial charge in [-0.2, -0.15) is 5.26 Å². The monoisotopic (exact) mass is 300 g/mol. The fourth-order valence-corrected chi connectivity index (χ4v) is 3.36. The molecule has 2 rings (SSSR count). The predicted octanol–water partition coefficient (Wildman–Crippen LogP) is 2.83. The first kappa shape index (κ1) is 15.1. The van der Waals surface area contributed by atoms with Crippen LogP contribution >= 0.6 is 0 Å². The summed E-state index contributed by atoms with van der Waals surface area (Å²) in [5.41, 5.74) is 2.76. The standard InChI is InChI=1S/C16H16N2O2S/c1-13-5-3-4-6-16(13)18(2)21(19,20)12-15-9-7-14(11-17)8-10-15/h3-10H,12H2,1-2H3. The zero-order valence-electron chi connectivity index (χ0n) is 11.9. The van der Waals surface area contributed by atoms with Gasteiger partial charge >= 0.3 is 0 Å². The van der Waals surface area contributed by atoms with E-state index in [0.29, 0.717) is 16.8 Å². The SMILES string of the molecule is Cc1ccccc1N(C)S(=O)(=O)Cc1ccc(C#N)cc1. The molecule has 0 saturated heterocycles. The molecular weight excluding hydrogens is 284 g/mol. The number of sulfonamides is 1. The lowest BCUT2D eigenvalue weighted by Crippen LogP contribution is -2.28. The van der Waals surface area contributed by atoms with Crippen molar-refractivity contribution in [3.05, 3.63) is 65.2 Å². The minimum Gasteiger partial charge on any atom is -0.273 e. The Morgan fingerprint density at radius 3 is 2.29 bits per heavy atom. The van der Waals surface area contributed by atoms with E-state index in [0.717, 1.165) is 5.56 Å². The van der Waals surface area contributed by atoms with E-state index in [-0.39, 0.29) is 5.75 Å². The van der Waals surface area contributed by atoms with E-state index in [1.807, 2.05) is 31.2 Å². The minimum atomic E-state index is -3.46. The van der Waals surface area contributed by atoms with Gasteiger partial charge in [0.2, 0.25) is 10.0 Å². The molecule has 0 aliphatic rings. The predicted molar refractivity (Wildman–Crippen MR) is 83.4 cm³/mol. The van der Waals surface area contributed by atoms with Gasteiger partial charge < -0.3 is 0 Å². The number of benzene rings is 2. The fraction of sp³-hybridized carbons (Fsp3) is 0.188. The van der Waals surface area contributed by atoms with Crippen molar-refractivity contribution in [2.24, 2.45) is 0 Å². The molecule has 5 heteroatoms. The Labute approximate surface area is 125 Å². The Hall–Kier alpha value is -2.32. The van der Waals surface area contributed by atoms with Gasteiger partial charge in [-0.3, -0.25) is 4.31 Å². The lowest BCUT2D eigenvalue weighted by molar-refractivity contribution is 0.593. The third-order valence-corrected chi connectivity index (χ3v) is 5.03. The van der Waals surface area contributed by atoms with E-state index in [9.17, 15) is 8.42 Å². The first-order valence-corrected chi connectivity index (χ1v) is 8.06. The maximum Gasteiger partial charge on any atom is 0.239 e. The van der Waals surface area contributed by atoms with E-state index in [1.54, 1.807) is 37.4 Å². The van der Waals surface area contributed by atoms with Crippen molar-refractivity contribution in [3.63, 3.8) is 0 Å². The molecule has 0 N–H and O–H groups in total. The summed E-state index contributed by atoms with van der Waals surface area (Å²) in [6.45, 7) is 1.88. The summed E-state index contributed by atoms with van der Waals surface area (Å²) in [5.74, 6) is -0.0937. The van der Waals surface area contributed by atoms with E-state index in [4.69, 9.17) is 5.26 Å². The highest BCUT2D eigenvalue weighted by Crippen LogP contribution is 2.22. The van der Waals surface area contributed by atoms with Gasteiger partial charge in [0, 0.05) is 7.05 Å². The van der Waals surface area contributed by atoms with Gasteiger partial charge in [0.15, 0.2) is 0 Å². The van der Waals surface area contributed by atoms with Crippen molar-refractivity contribution in [2.75, 3.05) is 11.4 Å². The van der Waals surface area contributed by atoms with Crippen LogP contribution in [0.4, 0.5) is 5.69 Å². The van der Waals surface area contributed by atoms with Crippen LogP contribution in [-0.4, -0.2) is 15.5 Å². The highest BCUT2D eigenvalue weighted by Gasteiger charge is 2.20. The second kappa shape index (κ2) is 5.98. The minimum absolute atomic E-state index is 0.0937. The van der Waals surface area contributed by atoms with Gasteiger partial charge in [0.25, 0.3) is 0 Å². The molecule has 0 spiro atoms. The molecule has 108 valence electrons. The molecule has 0 fully saturated rings. The molecule has 0 unspecified atom stereocenters. The topological polar surface area (TPSA) is 61.2 Å². The van der Waals surface area contributed by atoms with Gasteiger partial charge in [0.1, 0.15) is 0 Å². The lowest BCUT2D eigenvalue weighted by Gasteiger charge is -2.21. The van der Waals surface area contributed by atoms with Crippen LogP contribution in [0, 0.1) is 18.3 Å². The third kappa shape index (κ3) is 3.41. The molecule has 0 aliphatic carbocycles. The van der Waals surface area contributed by atoms with Gasteiger partial charge in [-0.05, 0) is 36.2 Å². The van der Waals surface area contributed by atoms with Crippen molar-refractivity contribution in [2.45, 2.75) is 12.7 Å². The normalized spacial score (nSPS) is 10.9. The molecule has 0 aliphatic heterocycles. The fourth-order valence-electron chi connectivity index (χ4n) is 2.05. The molecule has 0 atom stereocenters. The Morgan fingerprint density at radius 2 is 1.71 bits per heavy atom. The molecule has 4 nitrogen and oxygen atoms in total. The Kier molecular flexibility index (Phi) is 4.29. The molecule has 0 saturated carbocycles. The number of hydrogen-bond donors (Lipinski definition) is 0. The molecule has 2 aromatic carbocycles. The number of hydrogen-bond acceptors (Lipinski definition) is 3. The lowest BCUT2D eigenvalue weighted by atomic mass is 10.2. The largest absolute Gasteiger partial charge is 0.273 e. The van der Waals surface area contributed by atoms with Gasteiger partial charge in [-0.15, -0.1) is 0 Å². The van der Waals surface area contributed by atoms with Crippen LogP contribution in [0.5, 0.6) is 0 Å². The summed E-state index contributed by atoms with van der Waals surface area (Å²) in [6, 6.07) is 15.9. The van der Waals surface area contributed by atoms with Crippen molar-refractivity contribution < 1.29 is 8.42 Å². The summed E-state index contributed by atoms with van der Waals surface area (Å²) < 4.78 is 26.2. The summed E-state index contributed by atoms with van der Waals surface area (Å²) in [5, 5.41) is 8.75. The summed E-state index contributed by atoms with van der Waals surface area (Å²) >= 11 is 0. The Morgan fingerprint density at radius 1 is 1.10 bits per heavy atom. The van der Waals surface area contributed by atoms with E-state index >= 15 is 0 Å². The average Bonchev–Trinajstić information content (AvgIpc) is 2.47. The summed E-state index contributed by atoms with van der Waals surface area (Å²) in [6.07, 6.45) is 0. The van der Waals surface area contributed by atoms with Crippen LogP contribution in [-0.2, 0) is 15.8 Å². The molecule has 0 radical (unpaired) electrons. The van der Waals surface area contributed by atoms with Crippen molar-refractivity contribution in [1.29, 1.82) is 5.26 Å². The van der Waals surface area contributed by atoms with E-state index in [1.165, 1.54) is 4.31 Å². The molecule has 2 aromatic rings. The Bertz CT molecular complexity index is 775. The maximum atomic E-state index is 12.5. The number of rotatable bonds is 4. The van der Waals surface area contributed by atoms with Gasteiger partial charge in [-0.1, -0.05) is 30.3 Å². The zero-order chi connectivity index (χ0) is 15.5. The summed E-state index contributed by atoms with van der Waals surface area (Å²) in [4.78, 5) is 0. The van der Waals surface area contributed by atoms with Crippen LogP contribution < -0.4 is 4.31 Å². The average molecular weight is 300 g/mol. The quantitative estimate of drug-likeness (QED) is 0.872. The number of aryl methyl sites for hydroxylation is 1. The second-order valence-corrected chi connectivity index (χ2v) is 6.82. The van der Waals surface area contributed by atoms with Crippen molar-refractivity contribution >= 4 is 15.7 Å². The number of anilines is 1. The van der Waals surface area contributed by atoms with Crippen LogP contribution in [0.25, 0.3) is 0 Å². The number of nitrogens with zero attached hydrogens (tertiary/aromatic N) is 2. The smallest absolute Gasteiger partial charge is 0.239 e. The van der Waals surface area contributed by atoms with E-state index in [2.05, 4.69) is 0 Å². The first-order valence-electron chi connectivity index (χ1n) is 6.45. The zero-order valence-corrected chi connectivity index (χ0v) is 12.8. The first-order chi connectivity index (χ1) is 9.94. The van der Waals surface area contributed by atoms with Crippen molar-refractivity contribution in [1.82, 2.24) is 0 Å². The molecule has 21 heavy (non-hydrogen) atoms. The van der Waals surface area contributed by atoms with Gasteiger partial charge in [-0.25, -0.2) is 8.42 Å². The molecule has 0 aromatic heterocycles. The summed E-state index contributed by atoms with van der Waals surface area (Å²) in [7, 11) is -1.90. The van der Waals surface area contributed by atoms with Crippen LogP contribution in [0.2, 0.25) is 0 Å². The van der Waals surface area contributed by atoms with Crippen LogP contribution in [0.1, 0.15) is 16.7 Å². The highest BCUT2D eigenvalue weighted by atomic mass is 32.2. The molecular formula is C16H16N2O2S. The van der Waals surface area contributed by atoms with Gasteiger partial charge in [0.05, 0.1) is 23.1 Å².